The van der Waals surface area contributed by atoms with Crippen molar-refractivity contribution in [1.82, 2.24) is 9.88 Å². The lowest BCUT2D eigenvalue weighted by Gasteiger charge is -2.29. The Morgan fingerprint density at radius 2 is 2.12 bits per heavy atom. The molecule has 0 aliphatic carbocycles. The number of fused-ring (bicyclic) bond motifs is 1. The molecule has 1 aromatic carbocycles. The maximum absolute atomic E-state index is 14.0. The van der Waals surface area contributed by atoms with Crippen molar-refractivity contribution in [2.75, 3.05) is 31.1 Å². The average molecular weight is 355 g/mol. The van der Waals surface area contributed by atoms with Crippen molar-refractivity contribution in [2.45, 2.75) is 12.3 Å². The summed E-state index contributed by atoms with van der Waals surface area (Å²) < 4.78 is 19.3. The van der Waals surface area contributed by atoms with Gasteiger partial charge in [0, 0.05) is 25.2 Å². The van der Waals surface area contributed by atoms with E-state index in [1.807, 2.05) is 0 Å². The number of rotatable bonds is 3. The summed E-state index contributed by atoms with van der Waals surface area (Å²) in [5.41, 5.74) is 0.636. The van der Waals surface area contributed by atoms with Gasteiger partial charge < -0.3 is 9.64 Å². The van der Waals surface area contributed by atoms with E-state index in [0.29, 0.717) is 36.6 Å². The fourth-order valence-electron chi connectivity index (χ4n) is 3.48. The second kappa shape index (κ2) is 6.74. The molecule has 134 valence electrons. The third-order valence-corrected chi connectivity index (χ3v) is 4.84. The zero-order chi connectivity index (χ0) is 18.1. The van der Waals surface area contributed by atoms with Crippen LogP contribution in [-0.2, 0) is 9.59 Å². The molecule has 2 aliphatic rings. The van der Waals surface area contributed by atoms with E-state index in [2.05, 4.69) is 4.98 Å². The Hall–Kier alpha value is -2.96. The number of anilines is 1. The van der Waals surface area contributed by atoms with Gasteiger partial charge in [0.25, 0.3) is 5.91 Å². The minimum Gasteiger partial charge on any atom is -0.480 e. The Kier molecular flexibility index (Phi) is 4.28. The molecule has 7 heteroatoms. The molecule has 2 aromatic rings. The first kappa shape index (κ1) is 16.5. The van der Waals surface area contributed by atoms with E-state index >= 15 is 0 Å². The summed E-state index contributed by atoms with van der Waals surface area (Å²) in [5.74, 6) is 0.122. The molecule has 1 saturated heterocycles. The molecule has 1 fully saturated rings. The lowest BCUT2D eigenvalue weighted by Crippen LogP contribution is -2.46. The van der Waals surface area contributed by atoms with E-state index in [9.17, 15) is 14.0 Å². The molecule has 6 nitrogen and oxygen atoms in total. The maximum Gasteiger partial charge on any atom is 0.266 e. The molecule has 0 spiro atoms. The number of hydrogen-bond acceptors (Lipinski definition) is 4. The summed E-state index contributed by atoms with van der Waals surface area (Å²) in [7, 11) is 0. The number of nitrogens with zero attached hydrogens (tertiary/aromatic N) is 3. The topological polar surface area (TPSA) is 62.7 Å². The average Bonchev–Trinajstić information content (AvgIpc) is 3.14. The van der Waals surface area contributed by atoms with Crippen molar-refractivity contribution in [3.8, 4) is 5.75 Å². The van der Waals surface area contributed by atoms with Crippen molar-refractivity contribution in [3.05, 3.63) is 54.0 Å². The van der Waals surface area contributed by atoms with Crippen molar-refractivity contribution in [3.63, 3.8) is 0 Å². The van der Waals surface area contributed by atoms with Gasteiger partial charge in [-0.05, 0) is 30.2 Å². The second-order valence-corrected chi connectivity index (χ2v) is 6.44. The highest BCUT2D eigenvalue weighted by Crippen LogP contribution is 2.31. The molecule has 0 bridgehead atoms. The monoisotopic (exact) mass is 355 g/mol. The number of likely N-dealkylation sites (tertiary alicyclic amines) is 1. The lowest BCUT2D eigenvalue weighted by atomic mass is 9.98. The van der Waals surface area contributed by atoms with Gasteiger partial charge in [-0.2, -0.15) is 0 Å². The van der Waals surface area contributed by atoms with E-state index < -0.39 is 0 Å². The highest BCUT2D eigenvalue weighted by Gasteiger charge is 2.33. The summed E-state index contributed by atoms with van der Waals surface area (Å²) in [6, 6.07) is 10.1. The van der Waals surface area contributed by atoms with Crippen LogP contribution in [0.4, 0.5) is 10.2 Å². The van der Waals surface area contributed by atoms with E-state index in [1.54, 1.807) is 41.4 Å². The number of hydrogen-bond donors (Lipinski definition) is 0. The van der Waals surface area contributed by atoms with Crippen LogP contribution in [0.5, 0.6) is 5.75 Å². The van der Waals surface area contributed by atoms with Gasteiger partial charge in [-0.15, -0.1) is 0 Å². The number of benzene rings is 1. The van der Waals surface area contributed by atoms with Gasteiger partial charge >= 0.3 is 0 Å². The van der Waals surface area contributed by atoms with Crippen molar-refractivity contribution >= 4 is 17.6 Å². The smallest absolute Gasteiger partial charge is 0.266 e. The van der Waals surface area contributed by atoms with Crippen LogP contribution in [0.15, 0.2) is 42.6 Å². The molecule has 2 aliphatic heterocycles. The minimum absolute atomic E-state index is 0.0223. The standard InChI is InChI=1S/C19H18FN3O3/c20-15-5-2-1-4-14(15)13-7-9-22(10-13)17(24)11-23-18(25)12-26-16-6-3-8-21-19(16)23/h1-6,8,13H,7,9-12H2. The van der Waals surface area contributed by atoms with Crippen LogP contribution in [0.2, 0.25) is 0 Å². The van der Waals surface area contributed by atoms with Crippen LogP contribution in [0.3, 0.4) is 0 Å². The molecule has 0 saturated carbocycles. The molecule has 4 rings (SSSR count). The molecule has 1 atom stereocenters. The van der Waals surface area contributed by atoms with E-state index in [1.165, 1.54) is 11.0 Å². The Morgan fingerprint density at radius 1 is 1.27 bits per heavy atom. The molecular formula is C19H18FN3O3. The lowest BCUT2D eigenvalue weighted by molar-refractivity contribution is -0.131. The van der Waals surface area contributed by atoms with Gasteiger partial charge in [0.2, 0.25) is 5.91 Å². The van der Waals surface area contributed by atoms with Crippen LogP contribution < -0.4 is 9.64 Å². The van der Waals surface area contributed by atoms with Gasteiger partial charge in [-0.3, -0.25) is 14.5 Å². The first-order valence-electron chi connectivity index (χ1n) is 8.54. The summed E-state index contributed by atoms with van der Waals surface area (Å²) in [5, 5.41) is 0. The number of pyridine rings is 1. The van der Waals surface area contributed by atoms with Gasteiger partial charge in [0.05, 0.1) is 0 Å². The zero-order valence-corrected chi connectivity index (χ0v) is 14.1. The van der Waals surface area contributed by atoms with Crippen LogP contribution in [0.25, 0.3) is 0 Å². The van der Waals surface area contributed by atoms with E-state index in [0.717, 1.165) is 0 Å². The molecular weight excluding hydrogens is 337 g/mol. The normalized spacial score (nSPS) is 19.3. The molecule has 2 amide bonds. The molecule has 1 unspecified atom stereocenters. The SMILES string of the molecule is O=C(CN1C(=O)COc2cccnc21)N1CCC(c2ccccc2F)C1. The third-order valence-electron chi connectivity index (χ3n) is 4.84. The second-order valence-electron chi connectivity index (χ2n) is 6.44. The maximum atomic E-state index is 14.0. The first-order valence-corrected chi connectivity index (χ1v) is 8.54. The van der Waals surface area contributed by atoms with Gasteiger partial charge in [-0.1, -0.05) is 18.2 Å². The van der Waals surface area contributed by atoms with Crippen LogP contribution in [-0.4, -0.2) is 47.9 Å². The predicted octanol–water partition coefficient (Wildman–Crippen LogP) is 1.96. The number of carbonyl (C=O) groups is 2. The minimum atomic E-state index is -0.297. The van der Waals surface area contributed by atoms with Crippen LogP contribution >= 0.6 is 0 Å². The molecule has 0 N–H and O–H groups in total. The number of aromatic nitrogens is 1. The number of halogens is 1. The number of carbonyl (C=O) groups excluding carboxylic acids is 2. The van der Waals surface area contributed by atoms with Gasteiger partial charge in [0.1, 0.15) is 12.4 Å². The van der Waals surface area contributed by atoms with E-state index in [4.69, 9.17) is 4.74 Å². The van der Waals surface area contributed by atoms with Gasteiger partial charge in [-0.25, -0.2) is 9.37 Å². The Morgan fingerprint density at radius 3 is 2.96 bits per heavy atom. The van der Waals surface area contributed by atoms with Crippen molar-refractivity contribution < 1.29 is 18.7 Å². The van der Waals surface area contributed by atoms with Crippen molar-refractivity contribution in [1.29, 1.82) is 0 Å². The molecule has 26 heavy (non-hydrogen) atoms. The summed E-state index contributed by atoms with van der Waals surface area (Å²) in [4.78, 5) is 32.1. The summed E-state index contributed by atoms with van der Waals surface area (Å²) in [6.07, 6.45) is 2.26. The van der Waals surface area contributed by atoms with Gasteiger partial charge in [0.15, 0.2) is 18.2 Å². The zero-order valence-electron chi connectivity index (χ0n) is 14.1. The fraction of sp³-hybridized carbons (Fsp3) is 0.316. The van der Waals surface area contributed by atoms with Crippen LogP contribution in [0, 0.1) is 5.82 Å². The molecule has 0 radical (unpaired) electrons. The number of ether oxygens (including phenoxy) is 1. The van der Waals surface area contributed by atoms with E-state index in [-0.39, 0.29) is 36.7 Å². The highest BCUT2D eigenvalue weighted by molar-refractivity contribution is 6.01. The first-order chi connectivity index (χ1) is 12.6. The largest absolute Gasteiger partial charge is 0.480 e. The Bertz CT molecular complexity index is 857. The third kappa shape index (κ3) is 3.00. The summed E-state index contributed by atoms with van der Waals surface area (Å²) in [6.45, 7) is 0.804. The Balaban J connectivity index is 1.46. The summed E-state index contributed by atoms with van der Waals surface area (Å²) >= 11 is 0. The Labute approximate surface area is 150 Å². The molecule has 1 aromatic heterocycles. The van der Waals surface area contributed by atoms with Crippen LogP contribution in [0.1, 0.15) is 17.9 Å². The van der Waals surface area contributed by atoms with Crippen molar-refractivity contribution in [2.24, 2.45) is 0 Å². The number of amides is 2. The quantitative estimate of drug-likeness (QED) is 0.844. The predicted molar refractivity (Wildman–Crippen MR) is 92.4 cm³/mol. The highest BCUT2D eigenvalue weighted by atomic mass is 19.1. The fourth-order valence-corrected chi connectivity index (χ4v) is 3.48. The molecule has 3 heterocycles.